The molecule has 218 valence electrons. The molecule has 0 spiro atoms. The first-order chi connectivity index (χ1) is 18.7. The average Bonchev–Trinajstić information content (AvgIpc) is 3.52. The zero-order chi connectivity index (χ0) is 29.7. The van der Waals surface area contributed by atoms with Gasteiger partial charge in [0.2, 0.25) is 15.8 Å². The molecule has 0 saturated carbocycles. The zero-order valence-electron chi connectivity index (χ0n) is 20.6. The molecule has 0 unspecified atom stereocenters. The number of carboxylic acid groups (broad SMARTS) is 1. The topological polar surface area (TPSA) is 148 Å². The highest BCUT2D eigenvalue weighted by molar-refractivity contribution is 7.89. The van der Waals surface area contributed by atoms with E-state index in [4.69, 9.17) is 15.6 Å². The van der Waals surface area contributed by atoms with E-state index in [1.807, 2.05) is 29.1 Å². The van der Waals surface area contributed by atoms with Gasteiger partial charge >= 0.3 is 12.1 Å². The summed E-state index contributed by atoms with van der Waals surface area (Å²) in [5.74, 6) is -5.63. The van der Waals surface area contributed by atoms with Crippen LogP contribution in [0.2, 0.25) is 0 Å². The molecule has 1 saturated heterocycles. The molecule has 10 nitrogen and oxygen atoms in total. The minimum Gasteiger partial charge on any atom is -0.475 e. The Morgan fingerprint density at radius 1 is 1.10 bits per heavy atom. The molecule has 0 amide bonds. The van der Waals surface area contributed by atoms with Gasteiger partial charge < -0.3 is 20.7 Å². The number of alkyl halides is 3. The lowest BCUT2D eigenvalue weighted by Gasteiger charge is -2.31. The number of aromatic nitrogens is 2. The monoisotopic (exact) mass is 609 g/mol. The molecule has 4 rings (SSSR count). The molecule has 1 aliphatic rings. The highest BCUT2D eigenvalue weighted by Gasteiger charge is 2.38. The lowest BCUT2D eigenvalue weighted by molar-refractivity contribution is -0.192. The molecule has 4 N–H and O–H groups in total. The fourth-order valence-electron chi connectivity index (χ4n) is 3.71. The zero-order valence-corrected chi connectivity index (χ0v) is 22.2. The van der Waals surface area contributed by atoms with E-state index in [-0.39, 0.29) is 22.5 Å². The van der Waals surface area contributed by atoms with Crippen LogP contribution in [-0.4, -0.2) is 70.2 Å². The Morgan fingerprint density at radius 2 is 1.65 bits per heavy atom. The number of nitrogens with two attached hydrogens (primary N) is 1. The van der Waals surface area contributed by atoms with E-state index in [1.165, 1.54) is 10.4 Å². The number of halogens is 5. The Bertz CT molecular complexity index is 1420. The Morgan fingerprint density at radius 3 is 2.17 bits per heavy atom. The smallest absolute Gasteiger partial charge is 0.475 e. The van der Waals surface area contributed by atoms with Crippen LogP contribution in [0.5, 0.6) is 0 Å². The van der Waals surface area contributed by atoms with Crippen LogP contribution in [0.1, 0.15) is 28.1 Å². The van der Waals surface area contributed by atoms with Crippen molar-refractivity contribution in [3.05, 3.63) is 64.8 Å². The number of ketones is 1. The Kier molecular flexibility index (Phi) is 9.86. The van der Waals surface area contributed by atoms with Crippen LogP contribution >= 0.6 is 11.3 Å². The molecule has 1 fully saturated rings. The van der Waals surface area contributed by atoms with Gasteiger partial charge in [-0.3, -0.25) is 4.79 Å². The van der Waals surface area contributed by atoms with Gasteiger partial charge in [0.05, 0.1) is 11.3 Å². The molecule has 3 aromatic rings. The second-order valence-electron chi connectivity index (χ2n) is 8.52. The van der Waals surface area contributed by atoms with E-state index in [9.17, 15) is 35.2 Å². The predicted molar refractivity (Wildman–Crippen MR) is 136 cm³/mol. The molecular formula is C23H24F5N5O5S2. The SMILES string of the molecule is Nc1nc(NC2CCN(S(=O)(=O)CCn3cccc3)CC2)sc1C(=O)c1c(F)cccc1F.O=C(O)C(F)(F)F. The third-order valence-electron chi connectivity index (χ3n) is 5.74. The van der Waals surface area contributed by atoms with Crippen molar-refractivity contribution in [3.8, 4) is 0 Å². The van der Waals surface area contributed by atoms with Crippen molar-refractivity contribution in [2.45, 2.75) is 31.6 Å². The fraction of sp³-hybridized carbons (Fsp3) is 0.348. The number of benzene rings is 1. The summed E-state index contributed by atoms with van der Waals surface area (Å²) in [5.41, 5.74) is 5.17. The summed E-state index contributed by atoms with van der Waals surface area (Å²) in [6.07, 6.45) is -0.336. The summed E-state index contributed by atoms with van der Waals surface area (Å²) in [4.78, 5) is 25.6. The van der Waals surface area contributed by atoms with Gasteiger partial charge in [0.15, 0.2) is 5.13 Å². The van der Waals surface area contributed by atoms with E-state index >= 15 is 0 Å². The number of aliphatic carboxylic acids is 1. The normalized spacial score (nSPS) is 14.8. The minimum atomic E-state index is -5.08. The molecular weight excluding hydrogens is 585 g/mol. The second-order valence-corrected chi connectivity index (χ2v) is 11.6. The first-order valence-electron chi connectivity index (χ1n) is 11.6. The third-order valence-corrected chi connectivity index (χ3v) is 8.59. The highest BCUT2D eigenvalue weighted by Crippen LogP contribution is 2.30. The van der Waals surface area contributed by atoms with Gasteiger partial charge in [-0.2, -0.15) is 13.2 Å². The van der Waals surface area contributed by atoms with E-state index in [2.05, 4.69) is 10.3 Å². The summed E-state index contributed by atoms with van der Waals surface area (Å²) in [7, 11) is -3.37. The maximum absolute atomic E-state index is 14.0. The van der Waals surface area contributed by atoms with E-state index in [0.29, 0.717) is 37.6 Å². The first kappa shape index (κ1) is 31.0. The van der Waals surface area contributed by atoms with Crippen LogP contribution in [0.15, 0.2) is 42.7 Å². The van der Waals surface area contributed by atoms with Gasteiger partial charge in [-0.15, -0.1) is 0 Å². The van der Waals surface area contributed by atoms with Crippen LogP contribution in [0.4, 0.5) is 32.9 Å². The first-order valence-corrected chi connectivity index (χ1v) is 14.0. The number of hydrogen-bond donors (Lipinski definition) is 3. The number of carboxylic acids is 1. The lowest BCUT2D eigenvalue weighted by Crippen LogP contribution is -2.43. The number of nitrogens with zero attached hydrogens (tertiary/aromatic N) is 3. The van der Waals surface area contributed by atoms with Crippen molar-refractivity contribution >= 4 is 44.1 Å². The summed E-state index contributed by atoms with van der Waals surface area (Å²) < 4.78 is 88.3. The number of carbonyl (C=O) groups excluding carboxylic acids is 1. The summed E-state index contributed by atoms with van der Waals surface area (Å²) >= 11 is 0.922. The molecule has 1 aromatic carbocycles. The molecule has 1 aliphatic heterocycles. The second kappa shape index (κ2) is 12.7. The lowest BCUT2D eigenvalue weighted by atomic mass is 10.1. The number of nitrogens with one attached hydrogen (secondary N) is 1. The van der Waals surface area contributed by atoms with E-state index < -0.39 is 45.2 Å². The van der Waals surface area contributed by atoms with Gasteiger partial charge in [-0.05, 0) is 37.1 Å². The number of carbonyl (C=O) groups is 2. The van der Waals surface area contributed by atoms with Crippen LogP contribution in [0, 0.1) is 11.6 Å². The van der Waals surface area contributed by atoms with Crippen LogP contribution in [0.25, 0.3) is 0 Å². The minimum absolute atomic E-state index is 0.0286. The Hall–Kier alpha value is -3.57. The van der Waals surface area contributed by atoms with Crippen molar-refractivity contribution in [1.82, 2.24) is 13.9 Å². The number of aryl methyl sites for hydroxylation is 1. The maximum atomic E-state index is 14.0. The predicted octanol–water partition coefficient (Wildman–Crippen LogP) is 3.58. The number of nitrogen functional groups attached to an aromatic ring is 1. The van der Waals surface area contributed by atoms with Crippen LogP contribution in [-0.2, 0) is 21.4 Å². The van der Waals surface area contributed by atoms with Crippen LogP contribution in [0.3, 0.4) is 0 Å². The van der Waals surface area contributed by atoms with Gasteiger partial charge in [0.25, 0.3) is 0 Å². The fourth-order valence-corrected chi connectivity index (χ4v) is 6.08. The Labute approximate surface area is 229 Å². The van der Waals surface area contributed by atoms with Crippen molar-refractivity contribution in [1.29, 1.82) is 0 Å². The van der Waals surface area contributed by atoms with Gasteiger partial charge in [-0.1, -0.05) is 17.4 Å². The van der Waals surface area contributed by atoms with Crippen molar-refractivity contribution in [2.75, 3.05) is 29.9 Å². The Balaban J connectivity index is 0.000000559. The number of rotatable bonds is 8. The van der Waals surface area contributed by atoms with Gasteiger partial charge in [0.1, 0.15) is 22.3 Å². The molecule has 0 radical (unpaired) electrons. The largest absolute Gasteiger partial charge is 0.490 e. The van der Waals surface area contributed by atoms with Gasteiger partial charge in [0, 0.05) is 38.1 Å². The molecule has 3 heterocycles. The molecule has 0 aliphatic carbocycles. The van der Waals surface area contributed by atoms with Crippen LogP contribution < -0.4 is 11.1 Å². The molecule has 0 atom stereocenters. The standard InChI is InChI=1S/C21H23F2N5O3S2.C2HF3O2/c22-15-4-3-5-16(23)17(15)18(29)19-20(24)26-21(32-19)25-14-6-10-28(11-7-14)33(30,31)13-12-27-8-1-2-9-27;3-2(4,5)1(6)7/h1-5,8-9,14H,6-7,10-13,24H2,(H,25,26);(H,6,7). The number of thiazole rings is 1. The average molecular weight is 610 g/mol. The summed E-state index contributed by atoms with van der Waals surface area (Å²) in [6, 6.07) is 6.82. The maximum Gasteiger partial charge on any atom is 0.490 e. The number of anilines is 2. The summed E-state index contributed by atoms with van der Waals surface area (Å²) in [6.45, 7) is 1.11. The quantitative estimate of drug-likeness (QED) is 0.259. The summed E-state index contributed by atoms with van der Waals surface area (Å²) in [5, 5.41) is 10.6. The molecule has 40 heavy (non-hydrogen) atoms. The third kappa shape index (κ3) is 7.98. The van der Waals surface area contributed by atoms with Crippen molar-refractivity contribution < 1.29 is 45.1 Å². The van der Waals surface area contributed by atoms with E-state index in [1.54, 1.807) is 0 Å². The number of sulfonamides is 1. The van der Waals surface area contributed by atoms with Gasteiger partial charge in [-0.25, -0.2) is 31.3 Å². The molecule has 17 heteroatoms. The number of piperidine rings is 1. The number of hydrogen-bond acceptors (Lipinski definition) is 8. The molecule has 0 bridgehead atoms. The van der Waals surface area contributed by atoms with E-state index in [0.717, 1.165) is 23.5 Å². The highest BCUT2D eigenvalue weighted by atomic mass is 32.2. The van der Waals surface area contributed by atoms with Crippen molar-refractivity contribution in [2.24, 2.45) is 0 Å². The molecule has 2 aromatic heterocycles. The van der Waals surface area contributed by atoms with Crippen molar-refractivity contribution in [3.63, 3.8) is 0 Å².